The molecule has 1 fully saturated rings. The molecule has 152 valence electrons. The van der Waals surface area contributed by atoms with Crippen LogP contribution in [-0.4, -0.2) is 44.2 Å². The first kappa shape index (κ1) is 19.5. The summed E-state index contributed by atoms with van der Waals surface area (Å²) >= 11 is 0. The highest BCUT2D eigenvalue weighted by molar-refractivity contribution is 5.84. The molecule has 1 aromatic heterocycles. The van der Waals surface area contributed by atoms with E-state index >= 15 is 0 Å². The fourth-order valence-corrected chi connectivity index (χ4v) is 4.02. The van der Waals surface area contributed by atoms with Gasteiger partial charge < -0.3 is 14.4 Å². The van der Waals surface area contributed by atoms with Gasteiger partial charge >= 0.3 is 5.97 Å². The Morgan fingerprint density at radius 2 is 1.90 bits per heavy atom. The number of aliphatic carboxylic acids is 1. The zero-order valence-corrected chi connectivity index (χ0v) is 16.9. The Morgan fingerprint density at radius 1 is 1.17 bits per heavy atom. The molecule has 0 radical (unpaired) electrons. The number of likely N-dealkylation sites (tertiary alicyclic amines) is 1. The standard InChI is InChI=1S/C23H27N3O3/c1-17(2)26-14-11-24-21(26)16-25-12-9-23(10-13-25,22(27)28)29-20-8-7-18-5-3-4-6-19(18)15-20/h3-8,11,14-15,17H,9-10,12-13,16H2,1-2H3,(H,27,28). The van der Waals surface area contributed by atoms with Crippen molar-refractivity contribution in [1.82, 2.24) is 14.5 Å². The van der Waals surface area contributed by atoms with E-state index in [9.17, 15) is 9.90 Å². The number of carboxylic acids is 1. The number of ether oxygens (including phenoxy) is 1. The highest BCUT2D eigenvalue weighted by Crippen LogP contribution is 2.31. The minimum Gasteiger partial charge on any atom is -0.478 e. The van der Waals surface area contributed by atoms with Crippen molar-refractivity contribution in [2.45, 2.75) is 44.9 Å². The van der Waals surface area contributed by atoms with E-state index in [2.05, 4.69) is 28.3 Å². The van der Waals surface area contributed by atoms with Crippen LogP contribution in [0.3, 0.4) is 0 Å². The number of carbonyl (C=O) groups is 1. The average molecular weight is 393 g/mol. The van der Waals surface area contributed by atoms with Gasteiger partial charge in [0.1, 0.15) is 11.6 Å². The van der Waals surface area contributed by atoms with Gasteiger partial charge in [-0.15, -0.1) is 0 Å². The molecule has 6 nitrogen and oxygen atoms in total. The average Bonchev–Trinajstić information content (AvgIpc) is 3.18. The molecule has 3 aromatic rings. The van der Waals surface area contributed by atoms with Crippen molar-refractivity contribution in [3.63, 3.8) is 0 Å². The molecule has 0 saturated carbocycles. The van der Waals surface area contributed by atoms with Crippen molar-refractivity contribution in [3.8, 4) is 5.75 Å². The Hall–Kier alpha value is -2.86. The summed E-state index contributed by atoms with van der Waals surface area (Å²) in [5.41, 5.74) is -1.19. The maximum absolute atomic E-state index is 12.2. The fourth-order valence-electron chi connectivity index (χ4n) is 4.02. The lowest BCUT2D eigenvalue weighted by Crippen LogP contribution is -2.53. The summed E-state index contributed by atoms with van der Waals surface area (Å²) in [4.78, 5) is 18.9. The van der Waals surface area contributed by atoms with Gasteiger partial charge in [-0.25, -0.2) is 9.78 Å². The smallest absolute Gasteiger partial charge is 0.348 e. The molecule has 1 N–H and O–H groups in total. The zero-order valence-electron chi connectivity index (χ0n) is 16.9. The minimum absolute atomic E-state index is 0.353. The van der Waals surface area contributed by atoms with Crippen molar-refractivity contribution >= 4 is 16.7 Å². The number of aromatic nitrogens is 2. The Bertz CT molecular complexity index is 1000. The lowest BCUT2D eigenvalue weighted by molar-refractivity contribution is -0.159. The molecule has 1 aliphatic heterocycles. The first-order valence-electron chi connectivity index (χ1n) is 10.1. The summed E-state index contributed by atoms with van der Waals surface area (Å²) in [6, 6.07) is 14.1. The Balaban J connectivity index is 1.47. The summed E-state index contributed by atoms with van der Waals surface area (Å²) in [6.07, 6.45) is 4.70. The van der Waals surface area contributed by atoms with E-state index in [4.69, 9.17) is 4.74 Å². The fraction of sp³-hybridized carbons (Fsp3) is 0.391. The Labute approximate surface area is 170 Å². The monoisotopic (exact) mass is 393 g/mol. The van der Waals surface area contributed by atoms with Gasteiger partial charge in [-0.3, -0.25) is 4.90 Å². The van der Waals surface area contributed by atoms with Crippen molar-refractivity contribution in [3.05, 3.63) is 60.7 Å². The summed E-state index contributed by atoms with van der Waals surface area (Å²) in [7, 11) is 0. The van der Waals surface area contributed by atoms with Gasteiger partial charge in [0.05, 0.1) is 6.54 Å². The van der Waals surface area contributed by atoms with Gasteiger partial charge in [-0.05, 0) is 36.8 Å². The SMILES string of the molecule is CC(C)n1ccnc1CN1CCC(Oc2ccc3ccccc3c2)(C(=O)O)CC1. The molecule has 4 rings (SSSR count). The predicted molar refractivity (Wildman–Crippen MR) is 112 cm³/mol. The van der Waals surface area contributed by atoms with Crippen LogP contribution in [-0.2, 0) is 11.3 Å². The highest BCUT2D eigenvalue weighted by Gasteiger charge is 2.44. The van der Waals surface area contributed by atoms with Crippen LogP contribution in [0.25, 0.3) is 10.8 Å². The predicted octanol–water partition coefficient (Wildman–Crippen LogP) is 4.12. The Morgan fingerprint density at radius 3 is 2.59 bits per heavy atom. The molecule has 6 heteroatoms. The van der Waals surface area contributed by atoms with Gasteiger partial charge in [0, 0.05) is 44.4 Å². The molecule has 2 aromatic carbocycles. The molecule has 0 aliphatic carbocycles. The van der Waals surface area contributed by atoms with Crippen LogP contribution in [0.1, 0.15) is 38.6 Å². The molecule has 0 spiro atoms. The van der Waals surface area contributed by atoms with Crippen LogP contribution in [0.5, 0.6) is 5.75 Å². The third-order valence-electron chi connectivity index (χ3n) is 5.76. The van der Waals surface area contributed by atoms with E-state index in [-0.39, 0.29) is 0 Å². The first-order valence-corrected chi connectivity index (χ1v) is 10.1. The topological polar surface area (TPSA) is 67.6 Å². The maximum Gasteiger partial charge on any atom is 0.348 e. The lowest BCUT2D eigenvalue weighted by atomic mass is 9.91. The third kappa shape index (κ3) is 3.98. The second kappa shape index (κ2) is 7.87. The number of piperidine rings is 1. The first-order chi connectivity index (χ1) is 14.0. The molecule has 1 aliphatic rings. The molecule has 2 heterocycles. The molecule has 0 unspecified atom stereocenters. The van der Waals surface area contributed by atoms with Crippen LogP contribution in [0.4, 0.5) is 0 Å². The minimum atomic E-state index is -1.19. The van der Waals surface area contributed by atoms with Gasteiger partial charge in [0.15, 0.2) is 0 Å². The molecule has 0 amide bonds. The van der Waals surface area contributed by atoms with Crippen LogP contribution in [0.15, 0.2) is 54.9 Å². The summed E-state index contributed by atoms with van der Waals surface area (Å²) in [5.74, 6) is 0.724. The van der Waals surface area contributed by atoms with E-state index in [0.29, 0.717) is 37.7 Å². The van der Waals surface area contributed by atoms with E-state index in [1.54, 1.807) is 0 Å². The zero-order chi connectivity index (χ0) is 20.4. The second-order valence-electron chi connectivity index (χ2n) is 8.03. The van der Waals surface area contributed by atoms with E-state index in [1.807, 2.05) is 54.9 Å². The molecule has 29 heavy (non-hydrogen) atoms. The highest BCUT2D eigenvalue weighted by atomic mass is 16.5. The molecular formula is C23H27N3O3. The number of rotatable bonds is 6. The number of benzene rings is 2. The Kier molecular flexibility index (Phi) is 5.28. The maximum atomic E-state index is 12.2. The van der Waals surface area contributed by atoms with Crippen molar-refractivity contribution in [2.24, 2.45) is 0 Å². The van der Waals surface area contributed by atoms with E-state index < -0.39 is 11.6 Å². The number of nitrogens with zero attached hydrogens (tertiary/aromatic N) is 3. The van der Waals surface area contributed by atoms with Gasteiger partial charge in [0.25, 0.3) is 0 Å². The van der Waals surface area contributed by atoms with Crippen LogP contribution in [0, 0.1) is 0 Å². The van der Waals surface area contributed by atoms with Crippen LogP contribution >= 0.6 is 0 Å². The van der Waals surface area contributed by atoms with E-state index in [0.717, 1.165) is 23.1 Å². The number of hydrogen-bond donors (Lipinski definition) is 1. The number of imidazole rings is 1. The normalized spacial score (nSPS) is 16.9. The molecular weight excluding hydrogens is 366 g/mol. The molecule has 0 bridgehead atoms. The third-order valence-corrected chi connectivity index (χ3v) is 5.76. The van der Waals surface area contributed by atoms with Crippen LogP contribution in [0.2, 0.25) is 0 Å². The molecule has 1 saturated heterocycles. The number of carboxylic acid groups (broad SMARTS) is 1. The lowest BCUT2D eigenvalue weighted by Gasteiger charge is -2.38. The van der Waals surface area contributed by atoms with Gasteiger partial charge in [-0.1, -0.05) is 30.3 Å². The number of fused-ring (bicyclic) bond motifs is 1. The van der Waals surface area contributed by atoms with Gasteiger partial charge in [-0.2, -0.15) is 0 Å². The van der Waals surface area contributed by atoms with Crippen LogP contribution < -0.4 is 4.74 Å². The van der Waals surface area contributed by atoms with E-state index in [1.165, 1.54) is 0 Å². The van der Waals surface area contributed by atoms with Crippen molar-refractivity contribution in [1.29, 1.82) is 0 Å². The summed E-state index contributed by atoms with van der Waals surface area (Å²) in [5, 5.41) is 12.1. The second-order valence-corrected chi connectivity index (χ2v) is 8.03. The number of hydrogen-bond acceptors (Lipinski definition) is 4. The summed E-state index contributed by atoms with van der Waals surface area (Å²) < 4.78 is 8.27. The van der Waals surface area contributed by atoms with Gasteiger partial charge in [0.2, 0.25) is 5.60 Å². The van der Waals surface area contributed by atoms with Crippen molar-refractivity contribution < 1.29 is 14.6 Å². The van der Waals surface area contributed by atoms with Crippen molar-refractivity contribution in [2.75, 3.05) is 13.1 Å². The summed E-state index contributed by atoms with van der Waals surface area (Å²) in [6.45, 7) is 6.30. The largest absolute Gasteiger partial charge is 0.478 e. The quantitative estimate of drug-likeness (QED) is 0.682. The molecule has 0 atom stereocenters.